The van der Waals surface area contributed by atoms with Crippen LogP contribution in [0.4, 0.5) is 0 Å². The third-order valence-electron chi connectivity index (χ3n) is 11.8. The summed E-state index contributed by atoms with van der Waals surface area (Å²) in [5.41, 5.74) is 12.4. The lowest BCUT2D eigenvalue weighted by Crippen LogP contribution is -2.31. The van der Waals surface area contributed by atoms with E-state index >= 15 is 4.57 Å². The average Bonchev–Trinajstić information content (AvgIpc) is 3.53. The van der Waals surface area contributed by atoms with Crippen LogP contribution in [0.1, 0.15) is 22.3 Å². The first-order valence-electron chi connectivity index (χ1n) is 18.3. The molecule has 0 saturated heterocycles. The predicted molar refractivity (Wildman–Crippen MR) is 223 cm³/mol. The van der Waals surface area contributed by atoms with E-state index in [0.29, 0.717) is 0 Å². The largest absolute Gasteiger partial charge is 0.309 e. The van der Waals surface area contributed by atoms with Gasteiger partial charge in [0.2, 0.25) is 0 Å². The van der Waals surface area contributed by atoms with Gasteiger partial charge < -0.3 is 4.57 Å². The number of fused-ring (bicyclic) bond motifs is 11. The summed E-state index contributed by atoms with van der Waals surface area (Å²) >= 11 is 0. The van der Waals surface area contributed by atoms with Crippen LogP contribution in [-0.4, -0.2) is 0 Å². The number of hydrogen-bond donors (Lipinski definition) is 0. The first kappa shape index (κ1) is 30.4. The molecule has 9 aromatic rings. The fourth-order valence-electron chi connectivity index (χ4n) is 9.68. The molecule has 0 radical (unpaired) electrons. The minimum Gasteiger partial charge on any atom is -0.309 e. The molecular weight excluding hydrogens is 660 g/mol. The Hall–Kier alpha value is -6.27. The Morgan fingerprint density at radius 3 is 1.32 bits per heavy atom. The zero-order valence-electron chi connectivity index (χ0n) is 28.9. The Morgan fingerprint density at radius 1 is 0.321 bits per heavy atom. The normalized spacial score (nSPS) is 13.5. The summed E-state index contributed by atoms with van der Waals surface area (Å²) in [7, 11) is -3.11. The molecule has 0 unspecified atom stereocenters. The molecule has 0 heterocycles. The van der Waals surface area contributed by atoms with E-state index in [4.69, 9.17) is 0 Å². The summed E-state index contributed by atoms with van der Waals surface area (Å²) < 4.78 is 15.3. The van der Waals surface area contributed by atoms with Crippen molar-refractivity contribution in [2.45, 2.75) is 5.41 Å². The third kappa shape index (κ3) is 4.01. The van der Waals surface area contributed by atoms with Crippen molar-refractivity contribution in [3.63, 3.8) is 0 Å². The number of benzene rings is 9. The first-order valence-corrected chi connectivity index (χ1v) is 20.0. The van der Waals surface area contributed by atoms with Crippen LogP contribution >= 0.6 is 7.14 Å². The topological polar surface area (TPSA) is 17.1 Å². The van der Waals surface area contributed by atoms with Crippen molar-refractivity contribution in [2.75, 3.05) is 0 Å². The molecule has 0 fully saturated rings. The summed E-state index contributed by atoms with van der Waals surface area (Å²) in [4.78, 5) is 0. The molecule has 0 atom stereocenters. The van der Waals surface area contributed by atoms with Gasteiger partial charge in [-0.3, -0.25) is 0 Å². The van der Waals surface area contributed by atoms with Gasteiger partial charge in [-0.2, -0.15) is 0 Å². The molecule has 0 N–H and O–H groups in total. The van der Waals surface area contributed by atoms with E-state index in [-0.39, 0.29) is 0 Å². The summed E-state index contributed by atoms with van der Waals surface area (Å²) in [6.45, 7) is 0. The Balaban J connectivity index is 1.22. The van der Waals surface area contributed by atoms with Gasteiger partial charge in [0.15, 0.2) is 7.14 Å². The minimum atomic E-state index is -3.11. The van der Waals surface area contributed by atoms with E-state index in [1.807, 2.05) is 60.7 Å². The van der Waals surface area contributed by atoms with Crippen LogP contribution in [0.25, 0.3) is 54.9 Å². The number of rotatable bonds is 4. The lowest BCUT2D eigenvalue weighted by atomic mass is 9.60. The quantitative estimate of drug-likeness (QED) is 0.133. The third-order valence-corrected chi connectivity index (χ3v) is 14.8. The van der Waals surface area contributed by atoms with Gasteiger partial charge in [0.05, 0.1) is 5.41 Å². The maximum atomic E-state index is 15.3. The molecule has 9 aromatic carbocycles. The second-order valence-electron chi connectivity index (χ2n) is 14.2. The van der Waals surface area contributed by atoms with Gasteiger partial charge in [0.1, 0.15) is 0 Å². The van der Waals surface area contributed by atoms with Crippen molar-refractivity contribution in [1.82, 2.24) is 0 Å². The molecule has 0 amide bonds. The maximum Gasteiger partial charge on any atom is 0.171 e. The summed E-state index contributed by atoms with van der Waals surface area (Å²) in [6.07, 6.45) is 0. The second kappa shape index (κ2) is 11.4. The lowest BCUT2D eigenvalue weighted by molar-refractivity contribution is 0.592. The van der Waals surface area contributed by atoms with Gasteiger partial charge in [0.25, 0.3) is 0 Å². The standard InChI is InChI=1S/C51H33OP/c52-53(35-16-3-1-4-17-35,36-18-5-2-6-19-36)37-32-30-34(31-33-37)48-40-22-7-8-23-41(40)49-42-24-11-14-28-46(42)51(47-29-15-25-43(48)50(47)49)44-26-12-9-20-38(44)39-21-10-13-27-45(39)51/h1-33H. The van der Waals surface area contributed by atoms with E-state index in [0.717, 1.165) is 21.5 Å². The highest BCUT2D eigenvalue weighted by atomic mass is 31.2. The van der Waals surface area contributed by atoms with Crippen LogP contribution in [0.5, 0.6) is 0 Å². The highest BCUT2D eigenvalue weighted by molar-refractivity contribution is 7.85. The Kier molecular flexibility index (Phi) is 6.51. The fraction of sp³-hybridized carbons (Fsp3) is 0.0196. The van der Waals surface area contributed by atoms with Crippen LogP contribution < -0.4 is 15.9 Å². The molecular formula is C51H33OP. The molecule has 0 aromatic heterocycles. The Labute approximate surface area is 309 Å². The van der Waals surface area contributed by atoms with Crippen molar-refractivity contribution in [3.05, 3.63) is 222 Å². The van der Waals surface area contributed by atoms with Crippen molar-refractivity contribution in [1.29, 1.82) is 0 Å². The lowest BCUT2D eigenvalue weighted by Gasteiger charge is -2.40. The molecule has 1 spiro atoms. The summed E-state index contributed by atoms with van der Waals surface area (Å²) in [5, 5.41) is 7.50. The first-order chi connectivity index (χ1) is 26.2. The van der Waals surface area contributed by atoms with Crippen LogP contribution in [0.15, 0.2) is 200 Å². The molecule has 2 aliphatic rings. The zero-order valence-corrected chi connectivity index (χ0v) is 29.8. The van der Waals surface area contributed by atoms with Gasteiger partial charge in [-0.15, -0.1) is 0 Å². The Bertz CT molecular complexity index is 2870. The molecule has 1 nitrogen and oxygen atoms in total. The second-order valence-corrected chi connectivity index (χ2v) is 17.0. The van der Waals surface area contributed by atoms with Crippen LogP contribution in [-0.2, 0) is 9.98 Å². The molecule has 248 valence electrons. The van der Waals surface area contributed by atoms with E-state index in [1.54, 1.807) is 0 Å². The zero-order chi connectivity index (χ0) is 35.1. The van der Waals surface area contributed by atoms with Crippen LogP contribution in [0, 0.1) is 0 Å². The van der Waals surface area contributed by atoms with Gasteiger partial charge in [-0.05, 0) is 77.2 Å². The van der Waals surface area contributed by atoms with Gasteiger partial charge in [-0.25, -0.2) is 0 Å². The Morgan fingerprint density at radius 2 is 0.736 bits per heavy atom. The van der Waals surface area contributed by atoms with E-state index in [1.165, 1.54) is 71.6 Å². The molecule has 0 saturated carbocycles. The van der Waals surface area contributed by atoms with Crippen molar-refractivity contribution >= 4 is 44.6 Å². The van der Waals surface area contributed by atoms with Crippen molar-refractivity contribution < 1.29 is 4.57 Å². The molecule has 0 bridgehead atoms. The molecule has 2 aliphatic carbocycles. The maximum absolute atomic E-state index is 15.3. The fourth-order valence-corrected chi connectivity index (χ4v) is 12.3. The van der Waals surface area contributed by atoms with Crippen molar-refractivity contribution in [2.24, 2.45) is 0 Å². The van der Waals surface area contributed by atoms with Gasteiger partial charge in [-0.1, -0.05) is 200 Å². The van der Waals surface area contributed by atoms with Crippen LogP contribution in [0.3, 0.4) is 0 Å². The molecule has 0 aliphatic heterocycles. The van der Waals surface area contributed by atoms with E-state index in [9.17, 15) is 0 Å². The van der Waals surface area contributed by atoms with Crippen LogP contribution in [0.2, 0.25) is 0 Å². The van der Waals surface area contributed by atoms with E-state index < -0.39 is 12.6 Å². The smallest absolute Gasteiger partial charge is 0.171 e. The van der Waals surface area contributed by atoms with Gasteiger partial charge in [0, 0.05) is 15.9 Å². The highest BCUT2D eigenvalue weighted by Crippen LogP contribution is 2.63. The predicted octanol–water partition coefficient (Wildman–Crippen LogP) is 11.6. The minimum absolute atomic E-state index is 0.460. The monoisotopic (exact) mass is 692 g/mol. The van der Waals surface area contributed by atoms with E-state index in [2.05, 4.69) is 140 Å². The SMILES string of the molecule is O=P(c1ccccc1)(c1ccccc1)c1ccc(-c2c3ccccc3c3c4c(cccc24)C2(c4ccccc4-c4ccccc42)c2ccccc2-3)cc1. The van der Waals surface area contributed by atoms with Crippen molar-refractivity contribution in [3.8, 4) is 33.4 Å². The summed E-state index contributed by atoms with van der Waals surface area (Å²) in [6, 6.07) is 71.3. The molecule has 2 heteroatoms. The molecule has 53 heavy (non-hydrogen) atoms. The number of hydrogen-bond acceptors (Lipinski definition) is 1. The summed E-state index contributed by atoms with van der Waals surface area (Å²) in [5.74, 6) is 0. The molecule has 11 rings (SSSR count). The average molecular weight is 693 g/mol. The van der Waals surface area contributed by atoms with Gasteiger partial charge >= 0.3 is 0 Å². The highest BCUT2D eigenvalue weighted by Gasteiger charge is 2.50.